The summed E-state index contributed by atoms with van der Waals surface area (Å²) in [6.45, 7) is 5.01. The predicted molar refractivity (Wildman–Crippen MR) is 128 cm³/mol. The number of nitrogens with zero attached hydrogens (tertiary/aromatic N) is 1. The van der Waals surface area contributed by atoms with E-state index >= 15 is 0 Å². The summed E-state index contributed by atoms with van der Waals surface area (Å²) in [5.41, 5.74) is 3.57. The van der Waals surface area contributed by atoms with Crippen molar-refractivity contribution in [3.8, 4) is 11.1 Å². The first-order valence-electron chi connectivity index (χ1n) is 12.0. The van der Waals surface area contributed by atoms with Gasteiger partial charge in [-0.15, -0.1) is 0 Å². The first-order valence-corrected chi connectivity index (χ1v) is 12.0. The van der Waals surface area contributed by atoms with Crippen molar-refractivity contribution in [1.82, 2.24) is 10.2 Å². The number of nitrogens with one attached hydrogen (secondary N) is 1. The Kier molecular flexibility index (Phi) is 6.91. The van der Waals surface area contributed by atoms with Gasteiger partial charge in [-0.3, -0.25) is 9.59 Å². The van der Waals surface area contributed by atoms with Crippen LogP contribution < -0.4 is 5.32 Å². The minimum atomic E-state index is -1.03. The van der Waals surface area contributed by atoms with Crippen LogP contribution in [-0.2, 0) is 14.3 Å². The van der Waals surface area contributed by atoms with Gasteiger partial charge in [-0.2, -0.15) is 0 Å². The average Bonchev–Trinajstić information content (AvgIpc) is 3.13. The van der Waals surface area contributed by atoms with Gasteiger partial charge in [0.05, 0.1) is 0 Å². The number of rotatable bonds is 9. The number of benzene rings is 2. The van der Waals surface area contributed by atoms with Crippen LogP contribution in [0.3, 0.4) is 0 Å². The number of amides is 2. The normalized spacial score (nSPS) is 15.3. The minimum Gasteiger partial charge on any atom is -0.481 e. The first-order chi connectivity index (χ1) is 16.4. The molecule has 2 N–H and O–H groups in total. The largest absolute Gasteiger partial charge is 0.481 e. The zero-order chi connectivity index (χ0) is 24.3. The highest BCUT2D eigenvalue weighted by molar-refractivity contribution is 5.90. The molecule has 1 aliphatic carbocycles. The van der Waals surface area contributed by atoms with Crippen LogP contribution in [0, 0.1) is 5.92 Å². The van der Waals surface area contributed by atoms with E-state index in [1.165, 1.54) is 0 Å². The van der Waals surface area contributed by atoms with Gasteiger partial charge in [0.25, 0.3) is 0 Å². The highest BCUT2D eigenvalue weighted by Crippen LogP contribution is 2.44. The van der Waals surface area contributed by atoms with Crippen molar-refractivity contribution in [1.29, 1.82) is 0 Å². The van der Waals surface area contributed by atoms with Gasteiger partial charge >= 0.3 is 12.1 Å². The Morgan fingerprint density at radius 1 is 1.00 bits per heavy atom. The Bertz CT molecular complexity index is 1030. The van der Waals surface area contributed by atoms with Crippen molar-refractivity contribution in [3.05, 3.63) is 59.7 Å². The van der Waals surface area contributed by atoms with E-state index in [2.05, 4.69) is 29.6 Å². The van der Waals surface area contributed by atoms with Crippen molar-refractivity contribution >= 4 is 18.0 Å². The SMILES string of the molecule is CCC(CC)(NC(=O)OCC1c2ccccc2-c2ccccc21)C(=O)N1CC(CCC(=O)O)C1. The number of carbonyl (C=O) groups is 3. The standard InChI is InChI=1S/C27H32N2O5/c1-3-27(4-2,25(32)29-15-18(16-29)13-14-24(30)31)28-26(33)34-17-23-21-11-7-5-9-19(21)20-10-6-8-12-22(20)23/h5-12,18,23H,3-4,13-17H2,1-2H3,(H,28,33)(H,30,31). The molecule has 34 heavy (non-hydrogen) atoms. The Morgan fingerprint density at radius 2 is 1.56 bits per heavy atom. The third-order valence-electron chi connectivity index (χ3n) is 7.31. The van der Waals surface area contributed by atoms with Gasteiger partial charge in [-0.25, -0.2) is 4.79 Å². The Morgan fingerprint density at radius 3 is 2.09 bits per heavy atom. The lowest BCUT2D eigenvalue weighted by molar-refractivity contribution is -0.145. The molecular formula is C27H32N2O5. The summed E-state index contributed by atoms with van der Waals surface area (Å²) in [6.07, 6.45) is 0.967. The van der Waals surface area contributed by atoms with E-state index in [0.29, 0.717) is 32.4 Å². The van der Waals surface area contributed by atoms with Gasteiger partial charge in [0.15, 0.2) is 0 Å². The number of carbonyl (C=O) groups excluding carboxylic acids is 2. The second kappa shape index (κ2) is 9.87. The van der Waals surface area contributed by atoms with E-state index in [0.717, 1.165) is 22.3 Å². The van der Waals surface area contributed by atoms with E-state index in [1.807, 2.05) is 38.1 Å². The smallest absolute Gasteiger partial charge is 0.408 e. The molecule has 180 valence electrons. The number of hydrogen-bond donors (Lipinski definition) is 2. The third-order valence-corrected chi connectivity index (χ3v) is 7.31. The monoisotopic (exact) mass is 464 g/mol. The molecule has 2 aliphatic rings. The van der Waals surface area contributed by atoms with Crippen molar-refractivity contribution in [2.45, 2.75) is 51.0 Å². The maximum Gasteiger partial charge on any atom is 0.408 e. The summed E-state index contributed by atoms with van der Waals surface area (Å²) < 4.78 is 5.68. The maximum atomic E-state index is 13.3. The molecule has 7 heteroatoms. The van der Waals surface area contributed by atoms with Gasteiger partial charge in [0.2, 0.25) is 5.91 Å². The Labute approximate surface area is 200 Å². The molecule has 1 aliphatic heterocycles. The first kappa shape index (κ1) is 23.8. The van der Waals surface area contributed by atoms with E-state index < -0.39 is 17.6 Å². The van der Waals surface area contributed by atoms with Gasteiger partial charge in [0, 0.05) is 25.4 Å². The number of aliphatic carboxylic acids is 1. The summed E-state index contributed by atoms with van der Waals surface area (Å²) in [6, 6.07) is 16.3. The molecule has 7 nitrogen and oxygen atoms in total. The van der Waals surface area contributed by atoms with Crippen LogP contribution in [0.15, 0.2) is 48.5 Å². The quantitative estimate of drug-likeness (QED) is 0.573. The van der Waals surface area contributed by atoms with Crippen molar-refractivity contribution in [2.75, 3.05) is 19.7 Å². The van der Waals surface area contributed by atoms with Crippen LogP contribution in [0.25, 0.3) is 11.1 Å². The summed E-state index contributed by atoms with van der Waals surface area (Å²) in [5, 5.41) is 11.7. The van der Waals surface area contributed by atoms with Crippen LogP contribution in [0.1, 0.15) is 56.6 Å². The third kappa shape index (κ3) is 4.52. The lowest BCUT2D eigenvalue weighted by atomic mass is 9.86. The van der Waals surface area contributed by atoms with Crippen LogP contribution in [-0.4, -0.2) is 53.2 Å². The average molecular weight is 465 g/mol. The molecule has 4 rings (SSSR count). The number of carboxylic acid groups (broad SMARTS) is 1. The second-order valence-electron chi connectivity index (χ2n) is 9.25. The molecule has 1 heterocycles. The second-order valence-corrected chi connectivity index (χ2v) is 9.25. The molecule has 0 unspecified atom stereocenters. The lowest BCUT2D eigenvalue weighted by Crippen LogP contribution is -2.63. The molecule has 0 radical (unpaired) electrons. The molecule has 2 amide bonds. The predicted octanol–water partition coefficient (Wildman–Crippen LogP) is 4.41. The van der Waals surface area contributed by atoms with Crippen molar-refractivity contribution < 1.29 is 24.2 Å². The fourth-order valence-electron chi connectivity index (χ4n) is 5.16. The molecule has 0 atom stereocenters. The number of hydrogen-bond acceptors (Lipinski definition) is 4. The number of ether oxygens (including phenoxy) is 1. The fraction of sp³-hybridized carbons (Fsp3) is 0.444. The minimum absolute atomic E-state index is 0.0446. The van der Waals surface area contributed by atoms with Gasteiger partial charge in [-0.1, -0.05) is 62.4 Å². The Balaban J connectivity index is 1.38. The van der Waals surface area contributed by atoms with Gasteiger partial charge in [-0.05, 0) is 47.4 Å². The van der Waals surface area contributed by atoms with Gasteiger partial charge < -0.3 is 20.1 Å². The maximum absolute atomic E-state index is 13.3. The molecular weight excluding hydrogens is 432 g/mol. The number of likely N-dealkylation sites (tertiary alicyclic amines) is 1. The summed E-state index contributed by atoms with van der Waals surface area (Å²) in [5.74, 6) is -0.798. The van der Waals surface area contributed by atoms with E-state index in [4.69, 9.17) is 9.84 Å². The topological polar surface area (TPSA) is 95.9 Å². The zero-order valence-electron chi connectivity index (χ0n) is 19.8. The van der Waals surface area contributed by atoms with Crippen LogP contribution >= 0.6 is 0 Å². The molecule has 2 aromatic rings. The van der Waals surface area contributed by atoms with E-state index in [1.54, 1.807) is 4.90 Å². The molecule has 1 saturated heterocycles. The summed E-state index contributed by atoms with van der Waals surface area (Å²) in [4.78, 5) is 38.6. The van der Waals surface area contributed by atoms with Crippen LogP contribution in [0.5, 0.6) is 0 Å². The lowest BCUT2D eigenvalue weighted by Gasteiger charge is -2.44. The highest BCUT2D eigenvalue weighted by Gasteiger charge is 2.44. The van der Waals surface area contributed by atoms with Crippen molar-refractivity contribution in [3.63, 3.8) is 0 Å². The molecule has 0 saturated carbocycles. The number of alkyl carbamates (subject to hydrolysis) is 1. The fourth-order valence-corrected chi connectivity index (χ4v) is 5.16. The molecule has 1 fully saturated rings. The zero-order valence-corrected chi connectivity index (χ0v) is 19.8. The number of fused-ring (bicyclic) bond motifs is 3. The van der Waals surface area contributed by atoms with Gasteiger partial charge in [0.1, 0.15) is 12.1 Å². The Hall–Kier alpha value is -3.35. The summed E-state index contributed by atoms with van der Waals surface area (Å²) >= 11 is 0. The van der Waals surface area contributed by atoms with E-state index in [9.17, 15) is 14.4 Å². The van der Waals surface area contributed by atoms with Crippen LogP contribution in [0.4, 0.5) is 4.79 Å². The molecule has 0 aromatic heterocycles. The van der Waals surface area contributed by atoms with Crippen molar-refractivity contribution in [2.24, 2.45) is 5.92 Å². The highest BCUT2D eigenvalue weighted by atomic mass is 16.5. The van der Waals surface area contributed by atoms with Crippen LogP contribution in [0.2, 0.25) is 0 Å². The van der Waals surface area contributed by atoms with E-state index in [-0.39, 0.29) is 30.8 Å². The molecule has 0 bridgehead atoms. The molecule has 0 spiro atoms. The summed E-state index contributed by atoms with van der Waals surface area (Å²) in [7, 11) is 0. The number of carboxylic acids is 1. The molecule has 2 aromatic carbocycles.